The van der Waals surface area contributed by atoms with Gasteiger partial charge in [-0.15, -0.1) is 0 Å². The summed E-state index contributed by atoms with van der Waals surface area (Å²) < 4.78 is 0. The van der Waals surface area contributed by atoms with Crippen LogP contribution >= 0.6 is 0 Å². The molecule has 24 heavy (non-hydrogen) atoms. The fraction of sp³-hybridized carbons (Fsp3) is 0.647. The van der Waals surface area contributed by atoms with Crippen molar-refractivity contribution >= 4 is 11.6 Å². The van der Waals surface area contributed by atoms with Crippen LogP contribution in [0.4, 0.5) is 0 Å². The van der Waals surface area contributed by atoms with Crippen LogP contribution in [0, 0.1) is 5.92 Å². The van der Waals surface area contributed by atoms with Gasteiger partial charge in [0.15, 0.2) is 0 Å². The van der Waals surface area contributed by atoms with Crippen LogP contribution in [0.2, 0.25) is 0 Å². The van der Waals surface area contributed by atoms with E-state index in [2.05, 4.69) is 20.4 Å². The minimum atomic E-state index is 0.229. The maximum atomic E-state index is 12.1. The van der Waals surface area contributed by atoms with Gasteiger partial charge >= 0.3 is 0 Å². The summed E-state index contributed by atoms with van der Waals surface area (Å²) in [6.45, 7) is 4.26. The third kappa shape index (κ3) is 4.50. The minimum absolute atomic E-state index is 0.229. The maximum Gasteiger partial charge on any atom is 0.267 e. The molecule has 1 aromatic rings. The van der Waals surface area contributed by atoms with E-state index < -0.39 is 0 Å². The van der Waals surface area contributed by atoms with Gasteiger partial charge in [0, 0.05) is 37.4 Å². The number of carbonyl (C=O) groups is 1. The molecule has 1 aliphatic heterocycles. The monoisotopic (exact) mass is 331 g/mol. The molecular weight excluding hydrogens is 306 g/mol. The molecule has 0 aromatic carbocycles. The Labute approximate surface area is 142 Å². The number of rotatable bonds is 6. The fourth-order valence-electron chi connectivity index (χ4n) is 3.38. The van der Waals surface area contributed by atoms with Gasteiger partial charge in [-0.25, -0.2) is 4.98 Å². The number of aromatic nitrogens is 2. The zero-order valence-corrected chi connectivity index (χ0v) is 14.1. The molecular formula is C17H25N5O2. The van der Waals surface area contributed by atoms with Crippen molar-refractivity contribution < 1.29 is 9.63 Å². The Morgan fingerprint density at radius 3 is 2.96 bits per heavy atom. The summed E-state index contributed by atoms with van der Waals surface area (Å²) in [4.78, 5) is 27.3. The van der Waals surface area contributed by atoms with Crippen LogP contribution in [0.15, 0.2) is 23.7 Å². The molecule has 1 aromatic heterocycles. The second-order valence-electron chi connectivity index (χ2n) is 6.54. The van der Waals surface area contributed by atoms with Crippen LogP contribution in [0.1, 0.15) is 39.0 Å². The van der Waals surface area contributed by atoms with E-state index in [0.29, 0.717) is 24.4 Å². The molecule has 0 spiro atoms. The first-order valence-electron chi connectivity index (χ1n) is 8.71. The standard InChI is InChI=1S/C17H25N5O2/c1-13(21-24-16-11-18-6-7-19-16)14-4-5-15(10-14)20-12-17(23)22-8-2-3-9-22/h6-7,11,14-15,20H,2-5,8-10,12H2,1H3/b21-13+. The second kappa shape index (κ2) is 8.19. The van der Waals surface area contributed by atoms with Crippen molar-refractivity contribution in [2.75, 3.05) is 19.6 Å². The summed E-state index contributed by atoms with van der Waals surface area (Å²) in [5.41, 5.74) is 0.968. The number of carbonyl (C=O) groups excluding carboxylic acids is 1. The first kappa shape index (κ1) is 16.8. The number of nitrogens with one attached hydrogen (secondary N) is 1. The predicted octanol–water partition coefficient (Wildman–Crippen LogP) is 1.61. The van der Waals surface area contributed by atoms with Crippen LogP contribution in [-0.2, 0) is 4.79 Å². The molecule has 7 nitrogen and oxygen atoms in total. The number of oxime groups is 1. The van der Waals surface area contributed by atoms with Gasteiger partial charge in [0.2, 0.25) is 5.91 Å². The molecule has 0 radical (unpaired) electrons. The quantitative estimate of drug-likeness (QED) is 0.633. The lowest BCUT2D eigenvalue weighted by Gasteiger charge is -2.18. The molecule has 2 atom stereocenters. The van der Waals surface area contributed by atoms with E-state index in [4.69, 9.17) is 4.84 Å². The average Bonchev–Trinajstić information content (AvgIpc) is 3.30. The van der Waals surface area contributed by atoms with Gasteiger partial charge in [-0.1, -0.05) is 5.16 Å². The Hall–Kier alpha value is -2.02. The van der Waals surface area contributed by atoms with Gasteiger partial charge < -0.3 is 15.1 Å². The fourth-order valence-corrected chi connectivity index (χ4v) is 3.38. The van der Waals surface area contributed by atoms with Crippen LogP contribution < -0.4 is 10.2 Å². The van der Waals surface area contributed by atoms with Crippen molar-refractivity contribution in [3.63, 3.8) is 0 Å². The zero-order valence-electron chi connectivity index (χ0n) is 14.1. The lowest BCUT2D eigenvalue weighted by atomic mass is 10.0. The number of nitrogens with zero attached hydrogens (tertiary/aromatic N) is 4. The van der Waals surface area contributed by atoms with Gasteiger partial charge in [0.1, 0.15) is 0 Å². The Balaban J connectivity index is 1.42. The zero-order chi connectivity index (χ0) is 16.8. The van der Waals surface area contributed by atoms with E-state index in [9.17, 15) is 4.79 Å². The van der Waals surface area contributed by atoms with Gasteiger partial charge in [-0.05, 0) is 39.0 Å². The van der Waals surface area contributed by atoms with E-state index >= 15 is 0 Å². The highest BCUT2D eigenvalue weighted by Crippen LogP contribution is 2.27. The molecule has 2 aliphatic rings. The van der Waals surface area contributed by atoms with E-state index in [1.54, 1.807) is 18.6 Å². The number of amides is 1. The van der Waals surface area contributed by atoms with Crippen molar-refractivity contribution in [1.82, 2.24) is 20.2 Å². The summed E-state index contributed by atoms with van der Waals surface area (Å²) in [6, 6.07) is 0.378. The van der Waals surface area contributed by atoms with Gasteiger partial charge in [0.25, 0.3) is 5.88 Å². The molecule has 2 unspecified atom stereocenters. The molecule has 7 heteroatoms. The molecule has 2 fully saturated rings. The van der Waals surface area contributed by atoms with Gasteiger partial charge in [0.05, 0.1) is 18.5 Å². The Morgan fingerprint density at radius 2 is 2.21 bits per heavy atom. The highest BCUT2D eigenvalue weighted by molar-refractivity contribution is 5.84. The molecule has 2 heterocycles. The molecule has 1 saturated carbocycles. The van der Waals surface area contributed by atoms with E-state index in [1.807, 2.05) is 11.8 Å². The Bertz CT molecular complexity index is 572. The van der Waals surface area contributed by atoms with Crippen molar-refractivity contribution in [2.45, 2.75) is 45.1 Å². The number of hydrogen-bond acceptors (Lipinski definition) is 6. The molecule has 130 valence electrons. The summed E-state index contributed by atoms with van der Waals surface area (Å²) >= 11 is 0. The molecule has 1 N–H and O–H groups in total. The minimum Gasteiger partial charge on any atom is -0.342 e. The van der Waals surface area contributed by atoms with Crippen molar-refractivity contribution in [1.29, 1.82) is 0 Å². The maximum absolute atomic E-state index is 12.1. The lowest BCUT2D eigenvalue weighted by Crippen LogP contribution is -2.39. The third-order valence-electron chi connectivity index (χ3n) is 4.85. The normalized spacial score (nSPS) is 24.4. The van der Waals surface area contributed by atoms with Gasteiger partial charge in [-0.3, -0.25) is 9.78 Å². The Kier molecular flexibility index (Phi) is 5.74. The highest BCUT2D eigenvalue weighted by atomic mass is 16.6. The average molecular weight is 331 g/mol. The molecule has 1 amide bonds. The molecule has 0 bridgehead atoms. The summed E-state index contributed by atoms with van der Waals surface area (Å²) in [7, 11) is 0. The molecule has 1 saturated heterocycles. The van der Waals surface area contributed by atoms with Gasteiger partial charge in [-0.2, -0.15) is 0 Å². The van der Waals surface area contributed by atoms with Crippen molar-refractivity contribution in [2.24, 2.45) is 11.1 Å². The topological polar surface area (TPSA) is 79.7 Å². The largest absolute Gasteiger partial charge is 0.342 e. The number of likely N-dealkylation sites (tertiary alicyclic amines) is 1. The van der Waals surface area contributed by atoms with Crippen LogP contribution in [-0.4, -0.2) is 52.2 Å². The molecule has 1 aliphatic carbocycles. The first-order chi connectivity index (χ1) is 11.7. The summed E-state index contributed by atoms with van der Waals surface area (Å²) in [5.74, 6) is 1.02. The Morgan fingerprint density at radius 1 is 1.38 bits per heavy atom. The third-order valence-corrected chi connectivity index (χ3v) is 4.85. The van der Waals surface area contributed by atoms with Crippen molar-refractivity contribution in [3.05, 3.63) is 18.6 Å². The predicted molar refractivity (Wildman–Crippen MR) is 90.7 cm³/mol. The van der Waals surface area contributed by atoms with E-state index in [0.717, 1.165) is 50.9 Å². The smallest absolute Gasteiger partial charge is 0.267 e. The van der Waals surface area contributed by atoms with E-state index in [1.165, 1.54) is 0 Å². The summed E-state index contributed by atoms with van der Waals surface area (Å²) in [6.07, 6.45) is 10.1. The van der Waals surface area contributed by atoms with Crippen molar-refractivity contribution in [3.8, 4) is 5.88 Å². The van der Waals surface area contributed by atoms with Crippen LogP contribution in [0.3, 0.4) is 0 Å². The SMILES string of the molecule is C/C(=N\Oc1cnccn1)C1CCC(NCC(=O)N2CCCC2)C1. The van der Waals surface area contributed by atoms with Crippen LogP contribution in [0.5, 0.6) is 5.88 Å². The van der Waals surface area contributed by atoms with E-state index in [-0.39, 0.29) is 5.91 Å². The highest BCUT2D eigenvalue weighted by Gasteiger charge is 2.28. The second-order valence-corrected chi connectivity index (χ2v) is 6.54. The number of hydrogen-bond donors (Lipinski definition) is 1. The lowest BCUT2D eigenvalue weighted by molar-refractivity contribution is -0.129. The first-order valence-corrected chi connectivity index (χ1v) is 8.71. The van der Waals surface area contributed by atoms with Crippen LogP contribution in [0.25, 0.3) is 0 Å². The summed E-state index contributed by atoms with van der Waals surface area (Å²) in [5, 5.41) is 7.59. The molecule has 3 rings (SSSR count).